The van der Waals surface area contributed by atoms with Crippen molar-refractivity contribution in [1.29, 1.82) is 0 Å². The summed E-state index contributed by atoms with van der Waals surface area (Å²) in [5, 5.41) is 26.0. The molecule has 2 aliphatic rings. The molecule has 1 aliphatic heterocycles. The van der Waals surface area contributed by atoms with Crippen molar-refractivity contribution in [3.8, 4) is 5.75 Å². The lowest BCUT2D eigenvalue weighted by Crippen LogP contribution is -2.42. The first kappa shape index (κ1) is 13.6. The van der Waals surface area contributed by atoms with Crippen molar-refractivity contribution >= 4 is 11.4 Å². The molecule has 1 fully saturated rings. The first-order valence-corrected chi connectivity index (χ1v) is 7.76. The van der Waals surface area contributed by atoms with Crippen molar-refractivity contribution in [1.82, 2.24) is 0 Å². The van der Waals surface area contributed by atoms with Crippen LogP contribution in [0.3, 0.4) is 0 Å². The van der Waals surface area contributed by atoms with Crippen LogP contribution in [0.1, 0.15) is 44.9 Å². The molecule has 1 aromatic rings. The number of aliphatic hydroxyl groups excluding tert-OH is 1. The number of rotatable bonds is 6. The van der Waals surface area contributed by atoms with Crippen LogP contribution >= 0.6 is 0 Å². The van der Waals surface area contributed by atoms with E-state index in [0.29, 0.717) is 0 Å². The molecule has 4 heteroatoms. The van der Waals surface area contributed by atoms with Crippen LogP contribution < -0.4 is 10.6 Å². The molecule has 2 atom stereocenters. The molecule has 1 heterocycles. The summed E-state index contributed by atoms with van der Waals surface area (Å²) in [6.07, 6.45) is 8.38. The van der Waals surface area contributed by atoms with Gasteiger partial charge in [-0.1, -0.05) is 38.5 Å². The Morgan fingerprint density at radius 2 is 1.80 bits per heavy atom. The van der Waals surface area contributed by atoms with Crippen LogP contribution in [0.2, 0.25) is 0 Å². The van der Waals surface area contributed by atoms with E-state index in [1.165, 1.54) is 32.1 Å². The van der Waals surface area contributed by atoms with E-state index in [2.05, 4.69) is 10.6 Å². The summed E-state index contributed by atoms with van der Waals surface area (Å²) >= 11 is 0. The number of phenols is 1. The van der Waals surface area contributed by atoms with E-state index < -0.39 is 6.23 Å². The minimum atomic E-state index is -0.590. The summed E-state index contributed by atoms with van der Waals surface area (Å²) in [6.45, 7) is 0. The van der Waals surface area contributed by atoms with Gasteiger partial charge in [0.15, 0.2) is 0 Å². The Bertz CT molecular complexity index is 460. The van der Waals surface area contributed by atoms with E-state index in [0.717, 1.165) is 30.1 Å². The topological polar surface area (TPSA) is 64.5 Å². The number of phenolic OH excluding ortho intramolecular Hbond substituents is 1. The highest BCUT2D eigenvalue weighted by molar-refractivity contribution is 5.73. The van der Waals surface area contributed by atoms with Crippen molar-refractivity contribution in [2.75, 3.05) is 10.6 Å². The number of fused-ring (bicyclic) bond motifs is 1. The Balaban J connectivity index is 1.46. The predicted octanol–water partition coefficient (Wildman–Crippen LogP) is 3.28. The first-order valence-electron chi connectivity index (χ1n) is 7.76. The molecule has 0 bridgehead atoms. The molecule has 0 amide bonds. The normalized spacial score (nSPS) is 24.6. The van der Waals surface area contributed by atoms with Crippen LogP contribution in [0.25, 0.3) is 0 Å². The van der Waals surface area contributed by atoms with Gasteiger partial charge in [-0.05, 0) is 24.5 Å². The summed E-state index contributed by atoms with van der Waals surface area (Å²) in [6, 6.07) is 5.20. The second-order valence-corrected chi connectivity index (χ2v) is 6.15. The van der Waals surface area contributed by atoms with Crippen molar-refractivity contribution in [2.45, 2.75) is 57.2 Å². The molecule has 0 saturated heterocycles. The van der Waals surface area contributed by atoms with Crippen LogP contribution in [0.4, 0.5) is 11.4 Å². The van der Waals surface area contributed by atoms with E-state index in [1.54, 1.807) is 12.1 Å². The van der Waals surface area contributed by atoms with Gasteiger partial charge in [0.2, 0.25) is 0 Å². The van der Waals surface area contributed by atoms with Crippen molar-refractivity contribution in [2.24, 2.45) is 5.92 Å². The molecule has 0 spiro atoms. The SMILES string of the molecule is Oc1ccc2c(c1)NC(O)C(CCCCCC1CC1)N2. The number of hydrogen-bond acceptors (Lipinski definition) is 4. The fraction of sp³-hybridized carbons (Fsp3) is 0.625. The van der Waals surface area contributed by atoms with Gasteiger partial charge in [-0.25, -0.2) is 0 Å². The summed E-state index contributed by atoms with van der Waals surface area (Å²) in [4.78, 5) is 0. The quantitative estimate of drug-likeness (QED) is 0.475. The maximum atomic E-state index is 10.1. The number of anilines is 2. The molecule has 0 radical (unpaired) electrons. The summed E-state index contributed by atoms with van der Waals surface area (Å²) in [7, 11) is 0. The minimum absolute atomic E-state index is 0.0490. The van der Waals surface area contributed by atoms with Gasteiger partial charge in [-0.3, -0.25) is 0 Å². The molecule has 20 heavy (non-hydrogen) atoms. The number of unbranched alkanes of at least 4 members (excludes halogenated alkanes) is 2. The molecule has 1 saturated carbocycles. The summed E-state index contributed by atoms with van der Waals surface area (Å²) < 4.78 is 0. The predicted molar refractivity (Wildman–Crippen MR) is 81.0 cm³/mol. The van der Waals surface area contributed by atoms with Crippen LogP contribution in [0.5, 0.6) is 5.75 Å². The number of aromatic hydroxyl groups is 1. The molecule has 4 N–H and O–H groups in total. The average Bonchev–Trinajstić information content (AvgIpc) is 3.23. The smallest absolute Gasteiger partial charge is 0.144 e. The molecule has 3 rings (SSSR count). The number of nitrogens with one attached hydrogen (secondary N) is 2. The van der Waals surface area contributed by atoms with Crippen LogP contribution in [-0.2, 0) is 0 Å². The highest BCUT2D eigenvalue weighted by Crippen LogP contribution is 2.35. The van der Waals surface area contributed by atoms with Crippen molar-refractivity contribution in [3.05, 3.63) is 18.2 Å². The average molecular weight is 276 g/mol. The van der Waals surface area contributed by atoms with E-state index in [4.69, 9.17) is 0 Å². The Labute approximate surface area is 120 Å². The standard InChI is InChI=1S/C16H24N2O2/c19-12-8-9-13-15(10-12)18-16(20)14(17-13)5-3-1-2-4-11-6-7-11/h8-11,14,16-20H,1-7H2. The van der Waals surface area contributed by atoms with Gasteiger partial charge in [0.05, 0.1) is 17.4 Å². The lowest BCUT2D eigenvalue weighted by atomic mass is 10.0. The molecular formula is C16H24N2O2. The molecule has 0 aromatic heterocycles. The van der Waals surface area contributed by atoms with Crippen molar-refractivity contribution < 1.29 is 10.2 Å². The fourth-order valence-corrected chi connectivity index (χ4v) is 2.93. The van der Waals surface area contributed by atoms with Gasteiger partial charge in [-0.15, -0.1) is 0 Å². The van der Waals surface area contributed by atoms with E-state index >= 15 is 0 Å². The largest absolute Gasteiger partial charge is 0.508 e. The van der Waals surface area contributed by atoms with E-state index in [-0.39, 0.29) is 11.8 Å². The lowest BCUT2D eigenvalue weighted by molar-refractivity contribution is 0.171. The molecule has 110 valence electrons. The molecule has 1 aromatic carbocycles. The number of benzene rings is 1. The first-order chi connectivity index (χ1) is 9.72. The molecule has 2 unspecified atom stereocenters. The maximum Gasteiger partial charge on any atom is 0.144 e. The minimum Gasteiger partial charge on any atom is -0.508 e. The Morgan fingerprint density at radius 3 is 2.60 bits per heavy atom. The van der Waals surface area contributed by atoms with Crippen molar-refractivity contribution in [3.63, 3.8) is 0 Å². The molecule has 4 nitrogen and oxygen atoms in total. The number of hydrogen-bond donors (Lipinski definition) is 4. The van der Waals surface area contributed by atoms with Gasteiger partial charge < -0.3 is 20.8 Å². The third-order valence-electron chi connectivity index (χ3n) is 4.35. The van der Waals surface area contributed by atoms with E-state index in [1.807, 2.05) is 6.07 Å². The second kappa shape index (κ2) is 5.92. The summed E-state index contributed by atoms with van der Waals surface area (Å²) in [5.41, 5.74) is 1.72. The Hall–Kier alpha value is -1.42. The zero-order chi connectivity index (χ0) is 13.9. The van der Waals surface area contributed by atoms with Gasteiger partial charge in [0, 0.05) is 6.07 Å². The Kier molecular flexibility index (Phi) is 4.01. The van der Waals surface area contributed by atoms with Crippen LogP contribution in [-0.4, -0.2) is 22.5 Å². The summed E-state index contributed by atoms with van der Waals surface area (Å²) in [5.74, 6) is 1.23. The lowest BCUT2D eigenvalue weighted by Gasteiger charge is -2.33. The number of aliphatic hydroxyl groups is 1. The van der Waals surface area contributed by atoms with Gasteiger partial charge >= 0.3 is 0 Å². The van der Waals surface area contributed by atoms with E-state index in [9.17, 15) is 10.2 Å². The van der Waals surface area contributed by atoms with Gasteiger partial charge in [0.1, 0.15) is 12.0 Å². The maximum absolute atomic E-state index is 10.1. The monoisotopic (exact) mass is 276 g/mol. The van der Waals surface area contributed by atoms with Crippen LogP contribution in [0, 0.1) is 5.92 Å². The second-order valence-electron chi connectivity index (χ2n) is 6.15. The third kappa shape index (κ3) is 3.37. The zero-order valence-corrected chi connectivity index (χ0v) is 11.8. The highest BCUT2D eigenvalue weighted by atomic mass is 16.3. The zero-order valence-electron chi connectivity index (χ0n) is 11.8. The molecular weight excluding hydrogens is 252 g/mol. The Morgan fingerprint density at radius 1 is 1.00 bits per heavy atom. The van der Waals surface area contributed by atoms with Gasteiger partial charge in [0.25, 0.3) is 0 Å². The van der Waals surface area contributed by atoms with Gasteiger partial charge in [-0.2, -0.15) is 0 Å². The van der Waals surface area contributed by atoms with Crippen LogP contribution in [0.15, 0.2) is 18.2 Å². The molecule has 1 aliphatic carbocycles. The highest BCUT2D eigenvalue weighted by Gasteiger charge is 2.25. The third-order valence-corrected chi connectivity index (χ3v) is 4.35. The fourth-order valence-electron chi connectivity index (χ4n) is 2.93.